The van der Waals surface area contributed by atoms with Crippen molar-refractivity contribution in [2.45, 2.75) is 33.1 Å². The summed E-state index contributed by atoms with van der Waals surface area (Å²) in [7, 11) is 0. The van der Waals surface area contributed by atoms with Crippen molar-refractivity contribution in [3.8, 4) is 0 Å². The molecule has 0 spiro atoms. The van der Waals surface area contributed by atoms with E-state index in [2.05, 4.69) is 13.8 Å². The summed E-state index contributed by atoms with van der Waals surface area (Å²) in [6.07, 6.45) is 2.57. The van der Waals surface area contributed by atoms with Gasteiger partial charge >= 0.3 is 0 Å². The van der Waals surface area contributed by atoms with Crippen molar-refractivity contribution >= 4 is 11.6 Å². The molecule has 1 saturated heterocycles. The van der Waals surface area contributed by atoms with Crippen molar-refractivity contribution in [2.75, 3.05) is 18.8 Å². The largest absolute Gasteiger partial charge is 0.399 e. The van der Waals surface area contributed by atoms with Gasteiger partial charge in [0.25, 0.3) is 0 Å². The van der Waals surface area contributed by atoms with Crippen LogP contribution in [0.4, 0.5) is 5.69 Å². The van der Waals surface area contributed by atoms with Crippen LogP contribution in [0.1, 0.15) is 32.3 Å². The Labute approximate surface area is 115 Å². The van der Waals surface area contributed by atoms with Crippen molar-refractivity contribution in [3.63, 3.8) is 0 Å². The van der Waals surface area contributed by atoms with Gasteiger partial charge in [-0.1, -0.05) is 26.0 Å². The minimum atomic E-state index is 0.292. The highest BCUT2D eigenvalue weighted by atomic mass is 16.2. The van der Waals surface area contributed by atoms with Crippen LogP contribution in [0.3, 0.4) is 0 Å². The van der Waals surface area contributed by atoms with Gasteiger partial charge in [-0.3, -0.25) is 4.79 Å². The zero-order valence-electron chi connectivity index (χ0n) is 11.9. The summed E-state index contributed by atoms with van der Waals surface area (Å²) >= 11 is 0. The molecular formula is C16H24N2O. The van der Waals surface area contributed by atoms with E-state index in [-0.39, 0.29) is 0 Å². The molecule has 1 fully saturated rings. The molecule has 1 aromatic carbocycles. The van der Waals surface area contributed by atoms with Gasteiger partial charge in [-0.2, -0.15) is 0 Å². The molecule has 1 atom stereocenters. The molecule has 1 aromatic rings. The van der Waals surface area contributed by atoms with Gasteiger partial charge in [0, 0.05) is 25.2 Å². The molecule has 2 rings (SSSR count). The maximum atomic E-state index is 12.2. The van der Waals surface area contributed by atoms with E-state index in [1.54, 1.807) is 0 Å². The Kier molecular flexibility index (Phi) is 4.46. The Morgan fingerprint density at radius 1 is 1.37 bits per heavy atom. The van der Waals surface area contributed by atoms with Gasteiger partial charge in [0.2, 0.25) is 5.91 Å². The third-order valence-corrected chi connectivity index (χ3v) is 4.13. The van der Waals surface area contributed by atoms with E-state index in [0.717, 1.165) is 31.6 Å². The number of nitrogen functional groups attached to an aromatic ring is 1. The molecule has 0 bridgehead atoms. The van der Waals surface area contributed by atoms with Crippen LogP contribution in [0.15, 0.2) is 24.3 Å². The van der Waals surface area contributed by atoms with E-state index in [4.69, 9.17) is 5.73 Å². The smallest absolute Gasteiger partial charge is 0.222 e. The molecule has 2 N–H and O–H groups in total. The second kappa shape index (κ2) is 6.09. The first kappa shape index (κ1) is 13.9. The van der Waals surface area contributed by atoms with Crippen molar-refractivity contribution in [3.05, 3.63) is 29.8 Å². The van der Waals surface area contributed by atoms with Crippen LogP contribution in [0.25, 0.3) is 0 Å². The number of nitrogens with zero attached hydrogens (tertiary/aromatic N) is 1. The first-order valence-electron chi connectivity index (χ1n) is 7.18. The molecule has 19 heavy (non-hydrogen) atoms. The molecule has 0 radical (unpaired) electrons. The SMILES string of the molecule is CC(C)C1CCN(C(=O)CCc2ccc(N)cc2)C1. The third kappa shape index (κ3) is 3.72. The normalized spacial score (nSPS) is 19.1. The number of carbonyl (C=O) groups is 1. The number of benzene rings is 1. The lowest BCUT2D eigenvalue weighted by molar-refractivity contribution is -0.130. The first-order valence-corrected chi connectivity index (χ1v) is 7.18. The first-order chi connectivity index (χ1) is 9.06. The minimum Gasteiger partial charge on any atom is -0.399 e. The van der Waals surface area contributed by atoms with Crippen LogP contribution >= 0.6 is 0 Å². The van der Waals surface area contributed by atoms with Crippen molar-refractivity contribution in [1.82, 2.24) is 4.90 Å². The van der Waals surface area contributed by atoms with Gasteiger partial charge in [0.15, 0.2) is 0 Å². The Balaban J connectivity index is 1.80. The minimum absolute atomic E-state index is 0.292. The van der Waals surface area contributed by atoms with Crippen molar-refractivity contribution < 1.29 is 4.79 Å². The summed E-state index contributed by atoms with van der Waals surface area (Å²) in [5, 5.41) is 0. The molecule has 1 unspecified atom stereocenters. The summed E-state index contributed by atoms with van der Waals surface area (Å²) in [6, 6.07) is 7.79. The second-order valence-corrected chi connectivity index (χ2v) is 5.87. The van der Waals surface area contributed by atoms with E-state index in [9.17, 15) is 4.79 Å². The molecule has 1 aliphatic rings. The predicted molar refractivity (Wildman–Crippen MR) is 78.7 cm³/mol. The Hall–Kier alpha value is -1.51. The van der Waals surface area contributed by atoms with Crippen LogP contribution in [0.2, 0.25) is 0 Å². The Bertz CT molecular complexity index is 425. The monoisotopic (exact) mass is 260 g/mol. The van der Waals surface area contributed by atoms with Crippen molar-refractivity contribution in [2.24, 2.45) is 11.8 Å². The van der Waals surface area contributed by atoms with Gasteiger partial charge in [-0.05, 0) is 42.4 Å². The molecule has 1 aliphatic heterocycles. The van der Waals surface area contributed by atoms with Crippen molar-refractivity contribution in [1.29, 1.82) is 0 Å². The number of aryl methyl sites for hydroxylation is 1. The molecule has 1 amide bonds. The molecule has 3 heteroatoms. The summed E-state index contributed by atoms with van der Waals surface area (Å²) < 4.78 is 0. The van der Waals surface area contributed by atoms with Crippen LogP contribution < -0.4 is 5.73 Å². The van der Waals surface area contributed by atoms with E-state index in [1.165, 1.54) is 5.56 Å². The van der Waals surface area contributed by atoms with Gasteiger partial charge in [0.1, 0.15) is 0 Å². The lowest BCUT2D eigenvalue weighted by Gasteiger charge is -2.18. The number of carbonyl (C=O) groups excluding carboxylic acids is 1. The zero-order chi connectivity index (χ0) is 13.8. The average Bonchev–Trinajstić information content (AvgIpc) is 2.87. The molecule has 0 aromatic heterocycles. The molecular weight excluding hydrogens is 236 g/mol. The molecule has 0 aliphatic carbocycles. The third-order valence-electron chi connectivity index (χ3n) is 4.13. The van der Waals surface area contributed by atoms with Crippen LogP contribution in [-0.2, 0) is 11.2 Å². The fourth-order valence-electron chi connectivity index (χ4n) is 2.65. The standard InChI is InChI=1S/C16H24N2O/c1-12(2)14-9-10-18(11-14)16(19)8-5-13-3-6-15(17)7-4-13/h3-4,6-7,12,14H,5,8-11,17H2,1-2H3. The fraction of sp³-hybridized carbons (Fsp3) is 0.562. The summed E-state index contributed by atoms with van der Waals surface area (Å²) in [5.74, 6) is 1.65. The van der Waals surface area contributed by atoms with E-state index < -0.39 is 0 Å². The van der Waals surface area contributed by atoms with Crippen LogP contribution in [0, 0.1) is 11.8 Å². The maximum absolute atomic E-state index is 12.2. The zero-order valence-corrected chi connectivity index (χ0v) is 11.9. The molecule has 1 heterocycles. The maximum Gasteiger partial charge on any atom is 0.222 e. The topological polar surface area (TPSA) is 46.3 Å². The highest BCUT2D eigenvalue weighted by Crippen LogP contribution is 2.24. The highest BCUT2D eigenvalue weighted by molar-refractivity contribution is 5.76. The number of rotatable bonds is 4. The summed E-state index contributed by atoms with van der Waals surface area (Å²) in [4.78, 5) is 14.2. The van der Waals surface area contributed by atoms with Gasteiger partial charge < -0.3 is 10.6 Å². The van der Waals surface area contributed by atoms with E-state index in [0.29, 0.717) is 24.2 Å². The van der Waals surface area contributed by atoms with Gasteiger partial charge in [-0.25, -0.2) is 0 Å². The number of amides is 1. The molecule has 3 nitrogen and oxygen atoms in total. The van der Waals surface area contributed by atoms with Crippen LogP contribution in [0.5, 0.6) is 0 Å². The van der Waals surface area contributed by atoms with Gasteiger partial charge in [0.05, 0.1) is 0 Å². The highest BCUT2D eigenvalue weighted by Gasteiger charge is 2.27. The fourth-order valence-corrected chi connectivity index (χ4v) is 2.65. The number of anilines is 1. The number of likely N-dealkylation sites (tertiary alicyclic amines) is 1. The van der Waals surface area contributed by atoms with E-state index >= 15 is 0 Å². The number of nitrogens with two attached hydrogens (primary N) is 1. The van der Waals surface area contributed by atoms with Gasteiger partial charge in [-0.15, -0.1) is 0 Å². The van der Waals surface area contributed by atoms with Crippen LogP contribution in [-0.4, -0.2) is 23.9 Å². The Morgan fingerprint density at radius 2 is 2.05 bits per heavy atom. The predicted octanol–water partition coefficient (Wildman–Crippen LogP) is 2.71. The average molecular weight is 260 g/mol. The molecule has 0 saturated carbocycles. The Morgan fingerprint density at radius 3 is 2.63 bits per heavy atom. The summed E-state index contributed by atoms with van der Waals surface area (Å²) in [5.41, 5.74) is 7.61. The molecule has 104 valence electrons. The van der Waals surface area contributed by atoms with E-state index in [1.807, 2.05) is 29.2 Å². The number of hydrogen-bond acceptors (Lipinski definition) is 2. The lowest BCUT2D eigenvalue weighted by Crippen LogP contribution is -2.29. The second-order valence-electron chi connectivity index (χ2n) is 5.87. The lowest BCUT2D eigenvalue weighted by atomic mass is 9.95. The number of hydrogen-bond donors (Lipinski definition) is 1. The quantitative estimate of drug-likeness (QED) is 0.846. The summed E-state index contributed by atoms with van der Waals surface area (Å²) in [6.45, 7) is 6.36.